The summed E-state index contributed by atoms with van der Waals surface area (Å²) in [5.41, 5.74) is 0. The van der Waals surface area contributed by atoms with Crippen molar-refractivity contribution < 1.29 is 33.5 Å². The molecule has 0 spiro atoms. The zero-order chi connectivity index (χ0) is 22.5. The highest BCUT2D eigenvalue weighted by Crippen LogP contribution is 2.09. The van der Waals surface area contributed by atoms with Gasteiger partial charge in [-0.25, -0.2) is 0 Å². The molecule has 0 fully saturated rings. The van der Waals surface area contributed by atoms with Crippen molar-refractivity contribution in [3.05, 3.63) is 0 Å². The number of hydrogen-bond donors (Lipinski definition) is 1. The summed E-state index contributed by atoms with van der Waals surface area (Å²) in [5, 5.41) is 8.55. The van der Waals surface area contributed by atoms with Gasteiger partial charge in [0.1, 0.15) is 0 Å². The van der Waals surface area contributed by atoms with Crippen LogP contribution in [0.15, 0.2) is 0 Å². The maximum Gasteiger partial charge on any atom is 0.0701 e. The van der Waals surface area contributed by atoms with Crippen molar-refractivity contribution >= 4 is 12.6 Å². The SMILES string of the molecule is OCCOCCOCCOCCOCCOCCOCCCCCCCCCCC[S-]. The first kappa shape index (κ1) is 31.1. The summed E-state index contributed by atoms with van der Waals surface area (Å²) in [4.78, 5) is 0. The van der Waals surface area contributed by atoms with Gasteiger partial charge in [0.05, 0.1) is 79.3 Å². The summed E-state index contributed by atoms with van der Waals surface area (Å²) >= 11 is 4.96. The average Bonchev–Trinajstić information content (AvgIpc) is 2.78. The number of aliphatic hydroxyl groups is 1. The van der Waals surface area contributed by atoms with Crippen LogP contribution in [0.5, 0.6) is 0 Å². The third-order valence-corrected chi connectivity index (χ3v) is 4.82. The molecule has 188 valence electrons. The first-order valence-electron chi connectivity index (χ1n) is 12.1. The van der Waals surface area contributed by atoms with Crippen LogP contribution in [-0.4, -0.2) is 96.7 Å². The second-order valence-electron chi connectivity index (χ2n) is 7.28. The minimum atomic E-state index is 0.0412. The Bertz CT molecular complexity index is 284. The van der Waals surface area contributed by atoms with Crippen molar-refractivity contribution in [3.63, 3.8) is 0 Å². The molecule has 0 aliphatic heterocycles. The smallest absolute Gasteiger partial charge is 0.0701 e. The zero-order valence-corrected chi connectivity index (χ0v) is 20.4. The Hall–Kier alpha value is 0.0700. The van der Waals surface area contributed by atoms with Crippen LogP contribution in [0, 0.1) is 0 Å². The standard InChI is InChI=1S/C23H48O7S/c24-10-12-26-14-16-28-18-20-30-22-21-29-19-17-27-15-13-25-11-8-6-4-2-1-3-5-7-9-23-31/h24,31H,1-23H2/p-1. The Morgan fingerprint density at radius 3 is 1.00 bits per heavy atom. The van der Waals surface area contributed by atoms with E-state index in [0.717, 1.165) is 18.8 Å². The van der Waals surface area contributed by atoms with Gasteiger partial charge < -0.3 is 46.2 Å². The van der Waals surface area contributed by atoms with Crippen LogP contribution in [0.3, 0.4) is 0 Å². The molecule has 0 aromatic carbocycles. The van der Waals surface area contributed by atoms with Gasteiger partial charge in [-0.05, 0) is 6.42 Å². The topological polar surface area (TPSA) is 75.6 Å². The van der Waals surface area contributed by atoms with E-state index in [4.69, 9.17) is 46.2 Å². The molecule has 0 aliphatic carbocycles. The number of unbranched alkanes of at least 4 members (excludes halogenated alkanes) is 8. The van der Waals surface area contributed by atoms with Crippen molar-refractivity contribution in [2.75, 3.05) is 91.6 Å². The van der Waals surface area contributed by atoms with Crippen LogP contribution in [0.4, 0.5) is 0 Å². The highest BCUT2D eigenvalue weighted by molar-refractivity contribution is 7.58. The van der Waals surface area contributed by atoms with Gasteiger partial charge >= 0.3 is 0 Å². The van der Waals surface area contributed by atoms with Crippen molar-refractivity contribution in [3.8, 4) is 0 Å². The molecule has 31 heavy (non-hydrogen) atoms. The minimum Gasteiger partial charge on any atom is -0.793 e. The molecule has 0 unspecified atom stereocenters. The molecule has 8 heteroatoms. The van der Waals surface area contributed by atoms with Gasteiger partial charge in [0.2, 0.25) is 0 Å². The van der Waals surface area contributed by atoms with Gasteiger partial charge in [0.15, 0.2) is 0 Å². The molecule has 0 saturated heterocycles. The van der Waals surface area contributed by atoms with E-state index in [0.29, 0.717) is 72.7 Å². The lowest BCUT2D eigenvalue weighted by molar-refractivity contribution is -0.0182. The quantitative estimate of drug-likeness (QED) is 0.139. The summed E-state index contributed by atoms with van der Waals surface area (Å²) < 4.78 is 32.3. The molecule has 0 aromatic rings. The fourth-order valence-corrected chi connectivity index (χ4v) is 3.01. The van der Waals surface area contributed by atoms with Gasteiger partial charge in [-0.15, -0.1) is 0 Å². The van der Waals surface area contributed by atoms with E-state index in [-0.39, 0.29) is 6.61 Å². The molecule has 0 heterocycles. The lowest BCUT2D eigenvalue weighted by Gasteiger charge is -2.08. The highest BCUT2D eigenvalue weighted by atomic mass is 32.1. The van der Waals surface area contributed by atoms with Crippen LogP contribution >= 0.6 is 0 Å². The number of aliphatic hydroxyl groups excluding tert-OH is 1. The minimum absolute atomic E-state index is 0.0412. The van der Waals surface area contributed by atoms with E-state index in [9.17, 15) is 0 Å². The monoisotopic (exact) mass is 467 g/mol. The molecular formula is C23H47O7S-. The highest BCUT2D eigenvalue weighted by Gasteiger charge is 1.95. The van der Waals surface area contributed by atoms with Gasteiger partial charge in [0, 0.05) is 6.61 Å². The largest absolute Gasteiger partial charge is 0.793 e. The van der Waals surface area contributed by atoms with Crippen LogP contribution < -0.4 is 0 Å². The first-order valence-corrected chi connectivity index (χ1v) is 12.6. The van der Waals surface area contributed by atoms with Crippen LogP contribution in [-0.2, 0) is 41.0 Å². The molecule has 0 saturated carbocycles. The third kappa shape index (κ3) is 30.1. The van der Waals surface area contributed by atoms with Crippen molar-refractivity contribution in [2.24, 2.45) is 0 Å². The van der Waals surface area contributed by atoms with Crippen LogP contribution in [0.1, 0.15) is 57.8 Å². The summed E-state index contributed by atoms with van der Waals surface area (Å²) in [6.07, 6.45) is 11.6. The molecule has 0 atom stereocenters. The van der Waals surface area contributed by atoms with Crippen molar-refractivity contribution in [1.29, 1.82) is 0 Å². The van der Waals surface area contributed by atoms with E-state index in [2.05, 4.69) is 0 Å². The molecule has 0 bridgehead atoms. The first-order chi connectivity index (χ1) is 15.4. The lowest BCUT2D eigenvalue weighted by Crippen LogP contribution is -2.14. The van der Waals surface area contributed by atoms with E-state index in [1.165, 1.54) is 51.4 Å². The number of rotatable bonds is 28. The predicted molar refractivity (Wildman–Crippen MR) is 126 cm³/mol. The Morgan fingerprint density at radius 1 is 0.355 bits per heavy atom. The Kier molecular flexibility index (Phi) is 30.1. The second-order valence-corrected chi connectivity index (χ2v) is 7.69. The Morgan fingerprint density at radius 2 is 0.645 bits per heavy atom. The number of ether oxygens (including phenoxy) is 6. The third-order valence-electron chi connectivity index (χ3n) is 4.53. The summed E-state index contributed by atoms with van der Waals surface area (Å²) in [6, 6.07) is 0. The van der Waals surface area contributed by atoms with Gasteiger partial charge in [-0.3, -0.25) is 0 Å². The zero-order valence-electron chi connectivity index (χ0n) is 19.6. The van der Waals surface area contributed by atoms with Gasteiger partial charge in [-0.2, -0.15) is 5.75 Å². The Labute approximate surface area is 195 Å². The summed E-state index contributed by atoms with van der Waals surface area (Å²) in [5.74, 6) is 0.914. The molecule has 1 N–H and O–H groups in total. The number of hydrogen-bond acceptors (Lipinski definition) is 8. The molecule has 0 aliphatic rings. The molecule has 0 rings (SSSR count). The van der Waals surface area contributed by atoms with Crippen molar-refractivity contribution in [2.45, 2.75) is 57.8 Å². The van der Waals surface area contributed by atoms with E-state index in [1.54, 1.807) is 0 Å². The van der Waals surface area contributed by atoms with Crippen molar-refractivity contribution in [1.82, 2.24) is 0 Å². The van der Waals surface area contributed by atoms with Crippen LogP contribution in [0.2, 0.25) is 0 Å². The Balaban J connectivity index is 2.98. The second kappa shape index (κ2) is 30.1. The normalized spacial score (nSPS) is 11.4. The van der Waals surface area contributed by atoms with E-state index < -0.39 is 0 Å². The van der Waals surface area contributed by atoms with E-state index >= 15 is 0 Å². The molecular weight excluding hydrogens is 420 g/mol. The van der Waals surface area contributed by atoms with Crippen LogP contribution in [0.25, 0.3) is 0 Å². The summed E-state index contributed by atoms with van der Waals surface area (Å²) in [7, 11) is 0. The van der Waals surface area contributed by atoms with Gasteiger partial charge in [-0.1, -0.05) is 51.4 Å². The maximum atomic E-state index is 8.55. The summed E-state index contributed by atoms with van der Waals surface area (Å²) in [6.45, 7) is 6.79. The fraction of sp³-hybridized carbons (Fsp3) is 1.00. The molecule has 7 nitrogen and oxygen atoms in total. The molecule has 0 amide bonds. The predicted octanol–water partition coefficient (Wildman–Crippen LogP) is 3.14. The molecule has 0 radical (unpaired) electrons. The molecule has 0 aromatic heterocycles. The lowest BCUT2D eigenvalue weighted by atomic mass is 10.1. The van der Waals surface area contributed by atoms with E-state index in [1.807, 2.05) is 0 Å². The fourth-order valence-electron chi connectivity index (χ4n) is 2.81. The maximum absolute atomic E-state index is 8.55. The van der Waals surface area contributed by atoms with Gasteiger partial charge in [0.25, 0.3) is 0 Å². The average molecular weight is 468 g/mol.